The molecular formula is C12H19N3O. The van der Waals surface area contributed by atoms with Gasteiger partial charge in [0.15, 0.2) is 0 Å². The van der Waals surface area contributed by atoms with E-state index in [4.69, 9.17) is 10.5 Å². The van der Waals surface area contributed by atoms with Crippen LogP contribution < -0.4 is 10.5 Å². The van der Waals surface area contributed by atoms with Gasteiger partial charge in [-0.2, -0.15) is 4.98 Å². The van der Waals surface area contributed by atoms with Crippen molar-refractivity contribution in [3.05, 3.63) is 17.6 Å². The molecule has 4 heteroatoms. The second kappa shape index (κ2) is 4.37. The molecule has 0 aromatic carbocycles. The SMILES string of the molecule is Cc1cc(OC2CC(N)C2)nc(C(C)C)n1. The molecular weight excluding hydrogens is 202 g/mol. The van der Waals surface area contributed by atoms with Gasteiger partial charge in [0.1, 0.15) is 11.9 Å². The van der Waals surface area contributed by atoms with Gasteiger partial charge in [-0.15, -0.1) is 0 Å². The smallest absolute Gasteiger partial charge is 0.217 e. The predicted octanol–water partition coefficient (Wildman–Crippen LogP) is 1.78. The molecule has 1 aromatic heterocycles. The second-order valence-electron chi connectivity index (χ2n) is 4.83. The lowest BCUT2D eigenvalue weighted by Crippen LogP contribution is -2.43. The lowest BCUT2D eigenvalue weighted by Gasteiger charge is -2.32. The molecule has 2 N–H and O–H groups in total. The molecule has 2 rings (SSSR count). The number of aromatic nitrogens is 2. The molecule has 1 heterocycles. The number of nitrogens with two attached hydrogens (primary N) is 1. The van der Waals surface area contributed by atoms with Crippen LogP contribution in [0.2, 0.25) is 0 Å². The molecule has 0 spiro atoms. The number of aryl methyl sites for hydroxylation is 1. The number of ether oxygens (including phenoxy) is 1. The van der Waals surface area contributed by atoms with Crippen LogP contribution in [0.5, 0.6) is 5.88 Å². The Kier molecular flexibility index (Phi) is 3.10. The Morgan fingerprint density at radius 1 is 1.38 bits per heavy atom. The van der Waals surface area contributed by atoms with E-state index in [9.17, 15) is 0 Å². The Labute approximate surface area is 96.2 Å². The van der Waals surface area contributed by atoms with Gasteiger partial charge in [0.05, 0.1) is 0 Å². The first kappa shape index (κ1) is 11.3. The van der Waals surface area contributed by atoms with Crippen molar-refractivity contribution in [3.63, 3.8) is 0 Å². The van der Waals surface area contributed by atoms with Crippen LogP contribution in [0.3, 0.4) is 0 Å². The summed E-state index contributed by atoms with van der Waals surface area (Å²) in [6, 6.07) is 2.19. The van der Waals surface area contributed by atoms with Gasteiger partial charge >= 0.3 is 0 Å². The number of nitrogens with zero attached hydrogens (tertiary/aromatic N) is 2. The number of rotatable bonds is 3. The normalized spacial score (nSPS) is 24.3. The Balaban J connectivity index is 2.08. The van der Waals surface area contributed by atoms with Gasteiger partial charge in [-0.05, 0) is 19.8 Å². The molecule has 1 aliphatic rings. The van der Waals surface area contributed by atoms with E-state index in [2.05, 4.69) is 23.8 Å². The Bertz CT molecular complexity index is 373. The van der Waals surface area contributed by atoms with Crippen molar-refractivity contribution < 1.29 is 4.74 Å². The molecule has 1 fully saturated rings. The van der Waals surface area contributed by atoms with Crippen molar-refractivity contribution in [2.24, 2.45) is 5.73 Å². The molecule has 88 valence electrons. The van der Waals surface area contributed by atoms with E-state index in [0.717, 1.165) is 24.4 Å². The van der Waals surface area contributed by atoms with Gasteiger partial charge in [-0.25, -0.2) is 4.98 Å². The standard InChI is InChI=1S/C12H19N3O/c1-7(2)12-14-8(3)4-11(15-12)16-10-5-9(13)6-10/h4,7,9-10H,5-6,13H2,1-3H3. The zero-order chi connectivity index (χ0) is 11.7. The van der Waals surface area contributed by atoms with Crippen LogP contribution in [0.1, 0.15) is 44.1 Å². The van der Waals surface area contributed by atoms with Gasteiger partial charge in [0.2, 0.25) is 5.88 Å². The van der Waals surface area contributed by atoms with Crippen molar-refractivity contribution in [2.75, 3.05) is 0 Å². The van der Waals surface area contributed by atoms with Crippen LogP contribution in [0, 0.1) is 6.92 Å². The summed E-state index contributed by atoms with van der Waals surface area (Å²) in [5, 5.41) is 0. The number of hydrogen-bond donors (Lipinski definition) is 1. The van der Waals surface area contributed by atoms with Gasteiger partial charge in [0.25, 0.3) is 0 Å². The summed E-state index contributed by atoms with van der Waals surface area (Å²) >= 11 is 0. The maximum atomic E-state index is 5.76. The van der Waals surface area contributed by atoms with E-state index in [1.807, 2.05) is 13.0 Å². The molecule has 0 bridgehead atoms. The minimum atomic E-state index is 0.240. The van der Waals surface area contributed by atoms with E-state index < -0.39 is 0 Å². The highest BCUT2D eigenvalue weighted by molar-refractivity contribution is 5.17. The Hall–Kier alpha value is -1.16. The molecule has 4 nitrogen and oxygen atoms in total. The topological polar surface area (TPSA) is 61.0 Å². The van der Waals surface area contributed by atoms with Crippen molar-refractivity contribution in [1.29, 1.82) is 0 Å². The quantitative estimate of drug-likeness (QED) is 0.845. The summed E-state index contributed by atoms with van der Waals surface area (Å²) < 4.78 is 5.76. The molecule has 16 heavy (non-hydrogen) atoms. The lowest BCUT2D eigenvalue weighted by atomic mass is 9.90. The second-order valence-corrected chi connectivity index (χ2v) is 4.83. The monoisotopic (exact) mass is 221 g/mol. The van der Waals surface area contributed by atoms with Crippen molar-refractivity contribution >= 4 is 0 Å². The third-order valence-corrected chi connectivity index (χ3v) is 2.78. The minimum Gasteiger partial charge on any atom is -0.474 e. The average Bonchev–Trinajstić information content (AvgIpc) is 2.14. The van der Waals surface area contributed by atoms with E-state index in [0.29, 0.717) is 17.8 Å². The maximum Gasteiger partial charge on any atom is 0.217 e. The van der Waals surface area contributed by atoms with E-state index >= 15 is 0 Å². The van der Waals surface area contributed by atoms with Crippen LogP contribution in [-0.4, -0.2) is 22.1 Å². The fraction of sp³-hybridized carbons (Fsp3) is 0.667. The first-order valence-electron chi connectivity index (χ1n) is 5.82. The Morgan fingerprint density at radius 2 is 2.06 bits per heavy atom. The first-order valence-corrected chi connectivity index (χ1v) is 5.82. The predicted molar refractivity (Wildman–Crippen MR) is 62.5 cm³/mol. The maximum absolute atomic E-state index is 5.76. The van der Waals surface area contributed by atoms with E-state index in [-0.39, 0.29) is 6.10 Å². The highest BCUT2D eigenvalue weighted by Gasteiger charge is 2.28. The Morgan fingerprint density at radius 3 is 2.62 bits per heavy atom. The van der Waals surface area contributed by atoms with Crippen molar-refractivity contribution in [3.8, 4) is 5.88 Å². The number of hydrogen-bond acceptors (Lipinski definition) is 4. The van der Waals surface area contributed by atoms with Gasteiger partial charge in [0, 0.05) is 23.7 Å². The van der Waals surface area contributed by atoms with Gasteiger partial charge in [-0.3, -0.25) is 0 Å². The zero-order valence-corrected chi connectivity index (χ0v) is 10.1. The van der Waals surface area contributed by atoms with Gasteiger partial charge in [-0.1, -0.05) is 13.8 Å². The molecule has 0 unspecified atom stereocenters. The summed E-state index contributed by atoms with van der Waals surface area (Å²) in [5.74, 6) is 1.86. The van der Waals surface area contributed by atoms with E-state index in [1.165, 1.54) is 0 Å². The third kappa shape index (κ3) is 2.50. The van der Waals surface area contributed by atoms with Gasteiger partial charge < -0.3 is 10.5 Å². The largest absolute Gasteiger partial charge is 0.474 e. The summed E-state index contributed by atoms with van der Waals surface area (Å²) in [7, 11) is 0. The summed E-state index contributed by atoms with van der Waals surface area (Å²) in [6.45, 7) is 6.13. The van der Waals surface area contributed by atoms with Crippen LogP contribution in [-0.2, 0) is 0 Å². The molecule has 0 atom stereocenters. The zero-order valence-electron chi connectivity index (χ0n) is 10.1. The highest BCUT2D eigenvalue weighted by atomic mass is 16.5. The van der Waals surface area contributed by atoms with Crippen LogP contribution in [0.25, 0.3) is 0 Å². The van der Waals surface area contributed by atoms with Crippen LogP contribution in [0.15, 0.2) is 6.07 Å². The summed E-state index contributed by atoms with van der Waals surface area (Å²) in [6.07, 6.45) is 2.10. The van der Waals surface area contributed by atoms with Crippen molar-refractivity contribution in [1.82, 2.24) is 9.97 Å². The average molecular weight is 221 g/mol. The fourth-order valence-corrected chi connectivity index (χ4v) is 1.75. The van der Waals surface area contributed by atoms with Crippen LogP contribution >= 0.6 is 0 Å². The van der Waals surface area contributed by atoms with Crippen LogP contribution in [0.4, 0.5) is 0 Å². The first-order chi connectivity index (χ1) is 7.54. The lowest BCUT2D eigenvalue weighted by molar-refractivity contribution is 0.0952. The highest BCUT2D eigenvalue weighted by Crippen LogP contribution is 2.24. The molecule has 1 aliphatic carbocycles. The minimum absolute atomic E-state index is 0.240. The third-order valence-electron chi connectivity index (χ3n) is 2.78. The van der Waals surface area contributed by atoms with Crippen molar-refractivity contribution in [2.45, 2.75) is 51.7 Å². The fourth-order valence-electron chi connectivity index (χ4n) is 1.75. The molecule has 1 saturated carbocycles. The molecule has 0 aliphatic heterocycles. The van der Waals surface area contributed by atoms with E-state index in [1.54, 1.807) is 0 Å². The summed E-state index contributed by atoms with van der Waals surface area (Å²) in [5.41, 5.74) is 6.67. The molecule has 0 radical (unpaired) electrons. The molecule has 0 amide bonds. The summed E-state index contributed by atoms with van der Waals surface area (Å²) in [4.78, 5) is 8.79. The molecule has 0 saturated heterocycles. The molecule has 1 aromatic rings.